The first kappa shape index (κ1) is 19.7. The second-order valence-electron chi connectivity index (χ2n) is 5.92. The fourth-order valence-electron chi connectivity index (χ4n) is 2.69. The van der Waals surface area contributed by atoms with Crippen LogP contribution in [0.5, 0.6) is 0 Å². The number of nitrogens with one attached hydrogen (secondary N) is 2. The molecule has 7 nitrogen and oxygen atoms in total. The van der Waals surface area contributed by atoms with Gasteiger partial charge in [-0.1, -0.05) is 18.2 Å². The van der Waals surface area contributed by atoms with E-state index >= 15 is 0 Å². The van der Waals surface area contributed by atoms with E-state index < -0.39 is 35.5 Å². The highest BCUT2D eigenvalue weighted by molar-refractivity contribution is 5.90. The zero-order valence-corrected chi connectivity index (χ0v) is 13.8. The van der Waals surface area contributed by atoms with Crippen LogP contribution < -0.4 is 16.4 Å². The van der Waals surface area contributed by atoms with Crippen molar-refractivity contribution < 1.29 is 27.6 Å². The molecule has 1 atom stereocenters. The lowest BCUT2D eigenvalue weighted by Gasteiger charge is -2.34. The van der Waals surface area contributed by atoms with Gasteiger partial charge in [-0.25, -0.2) is 0 Å². The van der Waals surface area contributed by atoms with Gasteiger partial charge in [-0.3, -0.25) is 19.3 Å². The van der Waals surface area contributed by atoms with E-state index in [0.717, 1.165) is 12.1 Å². The molecular formula is C16H19F3N4O3. The molecule has 26 heavy (non-hydrogen) atoms. The maximum Gasteiger partial charge on any atom is 0.416 e. The summed E-state index contributed by atoms with van der Waals surface area (Å²) in [5, 5.41) is 4.92. The van der Waals surface area contributed by atoms with E-state index in [9.17, 15) is 27.6 Å². The summed E-state index contributed by atoms with van der Waals surface area (Å²) in [5.41, 5.74) is 4.56. The third kappa shape index (κ3) is 5.45. The summed E-state index contributed by atoms with van der Waals surface area (Å²) in [6.45, 7) is 0.457. The van der Waals surface area contributed by atoms with Crippen molar-refractivity contribution in [3.05, 3.63) is 35.4 Å². The SMILES string of the molecule is NC(=O)CNC(=O)C[C@@H]1C(=O)NCCN1Cc1cccc(C(F)(F)F)c1. The molecule has 1 heterocycles. The number of rotatable bonds is 6. The first-order chi connectivity index (χ1) is 12.2. The van der Waals surface area contributed by atoms with Crippen LogP contribution in [-0.2, 0) is 27.1 Å². The van der Waals surface area contributed by atoms with Crippen LogP contribution in [0.3, 0.4) is 0 Å². The van der Waals surface area contributed by atoms with Gasteiger partial charge in [0.25, 0.3) is 0 Å². The minimum absolute atomic E-state index is 0.0884. The topological polar surface area (TPSA) is 105 Å². The Morgan fingerprint density at radius 2 is 2.08 bits per heavy atom. The number of amides is 3. The first-order valence-corrected chi connectivity index (χ1v) is 7.89. The number of halogens is 3. The number of benzene rings is 1. The normalized spacial score (nSPS) is 18.3. The van der Waals surface area contributed by atoms with Gasteiger partial charge >= 0.3 is 6.18 Å². The van der Waals surface area contributed by atoms with E-state index in [0.29, 0.717) is 18.7 Å². The fourth-order valence-corrected chi connectivity index (χ4v) is 2.69. The predicted octanol–water partition coefficient (Wildman–Crippen LogP) is -0.00260. The molecule has 4 N–H and O–H groups in total. The van der Waals surface area contributed by atoms with Crippen LogP contribution in [0.1, 0.15) is 17.5 Å². The maximum absolute atomic E-state index is 12.8. The van der Waals surface area contributed by atoms with Crippen LogP contribution in [0, 0.1) is 0 Å². The Morgan fingerprint density at radius 1 is 1.35 bits per heavy atom. The Hall–Kier alpha value is -2.62. The number of hydrogen-bond donors (Lipinski definition) is 3. The monoisotopic (exact) mass is 372 g/mol. The molecule has 1 aromatic carbocycles. The Bertz CT molecular complexity index is 694. The number of piperazine rings is 1. The van der Waals surface area contributed by atoms with Gasteiger partial charge in [0.15, 0.2) is 0 Å². The molecule has 2 rings (SSSR count). The van der Waals surface area contributed by atoms with Gasteiger partial charge in [0.2, 0.25) is 17.7 Å². The lowest BCUT2D eigenvalue weighted by molar-refractivity contribution is -0.137. The molecule has 1 saturated heterocycles. The van der Waals surface area contributed by atoms with E-state index in [1.807, 2.05) is 0 Å². The predicted molar refractivity (Wildman–Crippen MR) is 85.5 cm³/mol. The molecule has 0 aromatic heterocycles. The minimum atomic E-state index is -4.46. The van der Waals surface area contributed by atoms with Crippen LogP contribution in [0.15, 0.2) is 24.3 Å². The average Bonchev–Trinajstić information content (AvgIpc) is 2.55. The van der Waals surface area contributed by atoms with Crippen LogP contribution in [0.25, 0.3) is 0 Å². The summed E-state index contributed by atoms with van der Waals surface area (Å²) in [5.74, 6) is -1.65. The van der Waals surface area contributed by atoms with Gasteiger partial charge in [0.05, 0.1) is 24.6 Å². The van der Waals surface area contributed by atoms with Crippen molar-refractivity contribution in [1.82, 2.24) is 15.5 Å². The van der Waals surface area contributed by atoms with Crippen molar-refractivity contribution in [2.75, 3.05) is 19.6 Å². The molecule has 1 aromatic rings. The van der Waals surface area contributed by atoms with Crippen molar-refractivity contribution in [2.24, 2.45) is 5.73 Å². The molecule has 142 valence electrons. The van der Waals surface area contributed by atoms with E-state index in [2.05, 4.69) is 10.6 Å². The number of hydrogen-bond acceptors (Lipinski definition) is 4. The van der Waals surface area contributed by atoms with Gasteiger partial charge in [0.1, 0.15) is 0 Å². The summed E-state index contributed by atoms with van der Waals surface area (Å²) in [4.78, 5) is 36.3. The largest absolute Gasteiger partial charge is 0.416 e. The highest BCUT2D eigenvalue weighted by Crippen LogP contribution is 2.30. The quantitative estimate of drug-likeness (QED) is 0.654. The Balaban J connectivity index is 2.09. The molecule has 0 spiro atoms. The average molecular weight is 372 g/mol. The minimum Gasteiger partial charge on any atom is -0.368 e. The molecule has 0 aliphatic carbocycles. The Kier molecular flexibility index (Phi) is 6.19. The van der Waals surface area contributed by atoms with Crippen molar-refractivity contribution in [2.45, 2.75) is 25.2 Å². The smallest absolute Gasteiger partial charge is 0.368 e. The molecule has 1 fully saturated rings. The number of carbonyl (C=O) groups excluding carboxylic acids is 3. The summed E-state index contributed by atoms with van der Waals surface area (Å²) >= 11 is 0. The molecule has 10 heteroatoms. The second-order valence-corrected chi connectivity index (χ2v) is 5.92. The maximum atomic E-state index is 12.8. The molecular weight excluding hydrogens is 353 g/mol. The molecule has 1 aliphatic heterocycles. The third-order valence-corrected chi connectivity index (χ3v) is 3.92. The lowest BCUT2D eigenvalue weighted by atomic mass is 10.1. The summed E-state index contributed by atoms with van der Waals surface area (Å²) in [6.07, 6.45) is -4.68. The molecule has 0 unspecified atom stereocenters. The van der Waals surface area contributed by atoms with Crippen LogP contribution in [0.2, 0.25) is 0 Å². The van der Waals surface area contributed by atoms with Crippen molar-refractivity contribution in [3.63, 3.8) is 0 Å². The van der Waals surface area contributed by atoms with Crippen LogP contribution in [-0.4, -0.2) is 48.3 Å². The number of carbonyl (C=O) groups is 3. The highest BCUT2D eigenvalue weighted by atomic mass is 19.4. The number of nitrogens with two attached hydrogens (primary N) is 1. The van der Waals surface area contributed by atoms with E-state index in [1.165, 1.54) is 12.1 Å². The first-order valence-electron chi connectivity index (χ1n) is 7.89. The highest BCUT2D eigenvalue weighted by Gasteiger charge is 2.33. The van der Waals surface area contributed by atoms with Crippen molar-refractivity contribution in [1.29, 1.82) is 0 Å². The van der Waals surface area contributed by atoms with Gasteiger partial charge in [-0.05, 0) is 11.6 Å². The van der Waals surface area contributed by atoms with Crippen LogP contribution in [0.4, 0.5) is 13.2 Å². The molecule has 0 bridgehead atoms. The second kappa shape index (κ2) is 8.17. The Labute approximate surface area is 147 Å². The van der Waals surface area contributed by atoms with Crippen LogP contribution >= 0.6 is 0 Å². The summed E-state index contributed by atoms with van der Waals surface area (Å²) in [7, 11) is 0. The zero-order chi connectivity index (χ0) is 19.3. The van der Waals surface area contributed by atoms with Gasteiger partial charge in [-0.15, -0.1) is 0 Å². The lowest BCUT2D eigenvalue weighted by Crippen LogP contribution is -2.56. The summed E-state index contributed by atoms with van der Waals surface area (Å²) in [6, 6.07) is 3.99. The van der Waals surface area contributed by atoms with Crippen molar-refractivity contribution >= 4 is 17.7 Å². The molecule has 1 aliphatic rings. The fraction of sp³-hybridized carbons (Fsp3) is 0.438. The number of nitrogens with zero attached hydrogens (tertiary/aromatic N) is 1. The van der Waals surface area contributed by atoms with E-state index in [1.54, 1.807) is 4.90 Å². The van der Waals surface area contributed by atoms with E-state index in [4.69, 9.17) is 5.73 Å². The number of primary amides is 1. The van der Waals surface area contributed by atoms with E-state index in [-0.39, 0.29) is 19.5 Å². The van der Waals surface area contributed by atoms with Gasteiger partial charge in [-0.2, -0.15) is 13.2 Å². The Morgan fingerprint density at radius 3 is 2.73 bits per heavy atom. The van der Waals surface area contributed by atoms with Gasteiger partial charge < -0.3 is 16.4 Å². The molecule has 0 radical (unpaired) electrons. The van der Waals surface area contributed by atoms with Gasteiger partial charge in [0, 0.05) is 19.6 Å². The summed E-state index contributed by atoms with van der Waals surface area (Å²) < 4.78 is 38.5. The third-order valence-electron chi connectivity index (χ3n) is 3.92. The van der Waals surface area contributed by atoms with Crippen molar-refractivity contribution in [3.8, 4) is 0 Å². The standard InChI is InChI=1S/C16H19F3N4O3/c17-16(18,19)11-3-1-2-10(6-11)9-23-5-4-21-15(26)12(23)7-14(25)22-8-13(20)24/h1-3,6,12H,4-5,7-9H2,(H2,20,24)(H,21,26)(H,22,25)/t12-/m1/s1. The number of alkyl halides is 3. The molecule has 3 amide bonds. The molecule has 0 saturated carbocycles. The zero-order valence-electron chi connectivity index (χ0n) is 13.8.